The number of nitrogens with zero attached hydrogens (tertiary/aromatic N) is 3. The van der Waals surface area contributed by atoms with E-state index in [0.717, 1.165) is 38.4 Å². The molecular weight excluding hydrogens is 260 g/mol. The molecule has 1 N–H and O–H groups in total. The molecule has 4 heteroatoms. The first-order valence-electron chi connectivity index (χ1n) is 7.67. The number of benzene rings is 1. The maximum atomic E-state index is 4.38. The van der Waals surface area contributed by atoms with Crippen molar-refractivity contribution >= 4 is 5.95 Å². The molecule has 0 radical (unpaired) electrons. The first-order chi connectivity index (χ1) is 10.3. The fraction of sp³-hybridized carbons (Fsp3) is 0.412. The van der Waals surface area contributed by atoms with Crippen molar-refractivity contribution in [3.63, 3.8) is 0 Å². The monoisotopic (exact) mass is 282 g/mol. The Morgan fingerprint density at radius 2 is 1.90 bits per heavy atom. The normalized spacial score (nSPS) is 18.8. The molecule has 3 rings (SSSR count). The molecule has 2 aromatic rings. The number of nitrogens with one attached hydrogen (secondary N) is 1. The maximum Gasteiger partial charge on any atom is 0.222 e. The van der Waals surface area contributed by atoms with Crippen LogP contribution in [-0.2, 0) is 13.0 Å². The zero-order chi connectivity index (χ0) is 14.5. The molecule has 1 saturated heterocycles. The van der Waals surface area contributed by atoms with Crippen LogP contribution in [0.2, 0.25) is 0 Å². The highest BCUT2D eigenvalue weighted by Crippen LogP contribution is 2.16. The highest BCUT2D eigenvalue weighted by atomic mass is 15.2. The van der Waals surface area contributed by atoms with Crippen LogP contribution in [0.3, 0.4) is 0 Å². The van der Waals surface area contributed by atoms with Gasteiger partial charge in [-0.3, -0.25) is 4.90 Å². The second-order valence-corrected chi connectivity index (χ2v) is 5.62. The van der Waals surface area contributed by atoms with E-state index in [1.165, 1.54) is 11.1 Å². The van der Waals surface area contributed by atoms with Gasteiger partial charge in [-0.25, -0.2) is 9.97 Å². The smallest absolute Gasteiger partial charge is 0.222 e. The summed E-state index contributed by atoms with van der Waals surface area (Å²) in [6.45, 7) is 5.31. The minimum Gasteiger partial charge on any atom is -0.350 e. The first-order valence-corrected chi connectivity index (χ1v) is 7.67. The topological polar surface area (TPSA) is 41.1 Å². The van der Waals surface area contributed by atoms with Gasteiger partial charge in [0.2, 0.25) is 5.95 Å². The van der Waals surface area contributed by atoms with Gasteiger partial charge >= 0.3 is 0 Å². The van der Waals surface area contributed by atoms with E-state index in [0.29, 0.717) is 6.04 Å². The molecule has 1 aromatic carbocycles. The van der Waals surface area contributed by atoms with Crippen LogP contribution in [0.15, 0.2) is 42.7 Å². The quantitative estimate of drug-likeness (QED) is 0.915. The Kier molecular flexibility index (Phi) is 4.46. The van der Waals surface area contributed by atoms with Crippen molar-refractivity contribution in [2.24, 2.45) is 0 Å². The van der Waals surface area contributed by atoms with Gasteiger partial charge in [-0.2, -0.15) is 0 Å². The lowest BCUT2D eigenvalue weighted by Gasteiger charge is -2.16. The van der Waals surface area contributed by atoms with Gasteiger partial charge in [0.1, 0.15) is 0 Å². The fourth-order valence-electron chi connectivity index (χ4n) is 2.73. The third kappa shape index (κ3) is 3.79. The summed E-state index contributed by atoms with van der Waals surface area (Å²) in [5.74, 6) is 0.749. The lowest BCUT2D eigenvalue weighted by atomic mass is 10.2. The van der Waals surface area contributed by atoms with E-state index in [1.807, 2.05) is 12.4 Å². The van der Waals surface area contributed by atoms with Crippen LogP contribution in [0, 0.1) is 0 Å². The Labute approximate surface area is 126 Å². The number of anilines is 1. The van der Waals surface area contributed by atoms with Crippen molar-refractivity contribution in [3.05, 3.63) is 53.9 Å². The standard InChI is InChI=1S/C17H22N4/c1-2-14-10-18-17(19-11-14)20-16-8-9-21(13-16)12-15-6-4-3-5-7-15/h3-7,10-11,16H,2,8-9,12-13H2,1H3,(H,18,19,20). The zero-order valence-electron chi connectivity index (χ0n) is 12.5. The summed E-state index contributed by atoms with van der Waals surface area (Å²) in [5, 5.41) is 3.44. The van der Waals surface area contributed by atoms with Crippen LogP contribution in [0.25, 0.3) is 0 Å². The third-order valence-corrected chi connectivity index (χ3v) is 3.97. The Balaban J connectivity index is 1.52. The van der Waals surface area contributed by atoms with E-state index >= 15 is 0 Å². The van der Waals surface area contributed by atoms with E-state index in [4.69, 9.17) is 0 Å². The molecule has 1 aromatic heterocycles. The minimum atomic E-state index is 0.446. The molecule has 0 amide bonds. The highest BCUT2D eigenvalue weighted by Gasteiger charge is 2.22. The van der Waals surface area contributed by atoms with E-state index in [1.54, 1.807) is 0 Å². The number of aryl methyl sites for hydroxylation is 1. The molecule has 110 valence electrons. The number of hydrogen-bond acceptors (Lipinski definition) is 4. The second-order valence-electron chi connectivity index (χ2n) is 5.62. The van der Waals surface area contributed by atoms with Crippen LogP contribution < -0.4 is 5.32 Å². The van der Waals surface area contributed by atoms with E-state index < -0.39 is 0 Å². The Morgan fingerprint density at radius 1 is 1.14 bits per heavy atom. The predicted octanol–water partition coefficient (Wildman–Crippen LogP) is 2.73. The zero-order valence-corrected chi connectivity index (χ0v) is 12.5. The third-order valence-electron chi connectivity index (χ3n) is 3.97. The molecule has 2 heterocycles. The molecule has 1 aliphatic rings. The van der Waals surface area contributed by atoms with Gasteiger partial charge in [0.25, 0.3) is 0 Å². The number of hydrogen-bond donors (Lipinski definition) is 1. The van der Waals surface area contributed by atoms with Gasteiger partial charge in [0.15, 0.2) is 0 Å². The van der Waals surface area contributed by atoms with Crippen molar-refractivity contribution in [1.82, 2.24) is 14.9 Å². The van der Waals surface area contributed by atoms with Crippen molar-refractivity contribution in [2.75, 3.05) is 18.4 Å². The molecule has 1 atom stereocenters. The Hall–Kier alpha value is -1.94. The van der Waals surface area contributed by atoms with E-state index in [-0.39, 0.29) is 0 Å². The van der Waals surface area contributed by atoms with Gasteiger partial charge in [-0.15, -0.1) is 0 Å². The predicted molar refractivity (Wildman–Crippen MR) is 85.2 cm³/mol. The second kappa shape index (κ2) is 6.68. The van der Waals surface area contributed by atoms with Crippen LogP contribution in [0.5, 0.6) is 0 Å². The van der Waals surface area contributed by atoms with Crippen molar-refractivity contribution in [1.29, 1.82) is 0 Å². The highest BCUT2D eigenvalue weighted by molar-refractivity contribution is 5.27. The molecular formula is C17H22N4. The summed E-state index contributed by atoms with van der Waals surface area (Å²) in [7, 11) is 0. The first kappa shape index (κ1) is 14.0. The van der Waals surface area contributed by atoms with Crippen molar-refractivity contribution < 1.29 is 0 Å². The summed E-state index contributed by atoms with van der Waals surface area (Å²) in [5.41, 5.74) is 2.55. The molecule has 1 fully saturated rings. The van der Waals surface area contributed by atoms with E-state index in [2.05, 4.69) is 57.4 Å². The Bertz CT molecular complexity index is 553. The van der Waals surface area contributed by atoms with Crippen LogP contribution in [0.1, 0.15) is 24.5 Å². The lowest BCUT2D eigenvalue weighted by Crippen LogP contribution is -2.26. The maximum absolute atomic E-state index is 4.38. The summed E-state index contributed by atoms with van der Waals surface area (Å²) in [4.78, 5) is 11.2. The molecule has 0 aliphatic carbocycles. The average molecular weight is 282 g/mol. The minimum absolute atomic E-state index is 0.446. The number of rotatable bonds is 5. The molecule has 4 nitrogen and oxygen atoms in total. The van der Waals surface area contributed by atoms with Gasteiger partial charge in [-0.05, 0) is 24.0 Å². The lowest BCUT2D eigenvalue weighted by molar-refractivity contribution is 0.328. The van der Waals surface area contributed by atoms with Crippen LogP contribution >= 0.6 is 0 Å². The molecule has 0 bridgehead atoms. The van der Waals surface area contributed by atoms with E-state index in [9.17, 15) is 0 Å². The molecule has 0 spiro atoms. The SMILES string of the molecule is CCc1cnc(NC2CCN(Cc3ccccc3)C2)nc1. The summed E-state index contributed by atoms with van der Waals surface area (Å²) in [6, 6.07) is 11.1. The van der Waals surface area contributed by atoms with Gasteiger partial charge < -0.3 is 5.32 Å². The fourth-order valence-corrected chi connectivity index (χ4v) is 2.73. The summed E-state index contributed by atoms with van der Waals surface area (Å²) >= 11 is 0. The molecule has 21 heavy (non-hydrogen) atoms. The summed E-state index contributed by atoms with van der Waals surface area (Å²) < 4.78 is 0. The van der Waals surface area contributed by atoms with Gasteiger partial charge in [-0.1, -0.05) is 37.3 Å². The largest absolute Gasteiger partial charge is 0.350 e. The molecule has 1 aliphatic heterocycles. The number of likely N-dealkylation sites (tertiary alicyclic amines) is 1. The Morgan fingerprint density at radius 3 is 2.62 bits per heavy atom. The number of aromatic nitrogens is 2. The van der Waals surface area contributed by atoms with Crippen LogP contribution in [-0.4, -0.2) is 34.0 Å². The van der Waals surface area contributed by atoms with Gasteiger partial charge in [0, 0.05) is 38.1 Å². The average Bonchev–Trinajstić information content (AvgIpc) is 2.96. The van der Waals surface area contributed by atoms with Crippen molar-refractivity contribution in [3.8, 4) is 0 Å². The summed E-state index contributed by atoms with van der Waals surface area (Å²) in [6.07, 6.45) is 5.94. The van der Waals surface area contributed by atoms with Crippen molar-refractivity contribution in [2.45, 2.75) is 32.4 Å². The van der Waals surface area contributed by atoms with Crippen LogP contribution in [0.4, 0.5) is 5.95 Å². The molecule has 0 saturated carbocycles. The molecule has 1 unspecified atom stereocenters. The van der Waals surface area contributed by atoms with Gasteiger partial charge in [0.05, 0.1) is 0 Å².